The van der Waals surface area contributed by atoms with E-state index >= 15 is 0 Å². The maximum absolute atomic E-state index is 14.2. The van der Waals surface area contributed by atoms with Gasteiger partial charge in [0.15, 0.2) is 6.17 Å². The van der Waals surface area contributed by atoms with Crippen LogP contribution in [0.5, 0.6) is 11.6 Å². The lowest BCUT2D eigenvalue weighted by atomic mass is 9.83. The Bertz CT molecular complexity index is 1180. The molecule has 0 bridgehead atoms. The first kappa shape index (κ1) is 24.8. The van der Waals surface area contributed by atoms with Gasteiger partial charge in [0.1, 0.15) is 12.4 Å². The third-order valence-electron chi connectivity index (χ3n) is 7.21. The van der Waals surface area contributed by atoms with Crippen molar-refractivity contribution in [1.29, 1.82) is 0 Å². The van der Waals surface area contributed by atoms with E-state index in [1.807, 2.05) is 6.92 Å². The molecule has 1 saturated heterocycles. The third kappa shape index (κ3) is 5.19. The van der Waals surface area contributed by atoms with Gasteiger partial charge < -0.3 is 20.5 Å². The van der Waals surface area contributed by atoms with Crippen LogP contribution in [0.25, 0.3) is 10.8 Å². The number of carbonyl (C=O) groups is 2. The number of alkyl halides is 1. The second-order valence-electron chi connectivity index (χ2n) is 9.57. The molecule has 1 aromatic carbocycles. The maximum Gasteiger partial charge on any atom is 0.255 e. The number of hydrogen-bond acceptors (Lipinski definition) is 5. The van der Waals surface area contributed by atoms with E-state index in [2.05, 4.69) is 29.1 Å². The van der Waals surface area contributed by atoms with Gasteiger partial charge in [0, 0.05) is 28.8 Å². The standard InChI is InChI=1S/C27H32FN3O4/c1-4-18-22(31-26(33)24(18)28)14-35-27-20-12-23(34-3)21(25(29)32)11-19(20)17(13-30-27)10-9-16-7-5-15(2)6-8-16/h11-13,15-16,18,22,24H,4-8,14H2,1-3H3,(H2,29,32)(H,31,33)/t15-,16-,18-,22+,24-/m0/s1. The number of benzene rings is 1. The topological polar surface area (TPSA) is 104 Å². The SMILES string of the molecule is CC[C@@H]1[C@H](F)C(=O)N[C@@H]1COc1ncc(C#C[C@H]2CC[C@H](C)CC2)c2cc(C(N)=O)c(OC)cc12. The molecular formula is C27H32FN3O4. The molecule has 1 aliphatic carbocycles. The van der Waals surface area contributed by atoms with Gasteiger partial charge in [-0.3, -0.25) is 9.59 Å². The number of ether oxygens (including phenoxy) is 2. The predicted octanol–water partition coefficient (Wildman–Crippen LogP) is 3.76. The molecule has 186 valence electrons. The Morgan fingerprint density at radius 2 is 2.00 bits per heavy atom. The minimum absolute atomic E-state index is 0.0674. The maximum atomic E-state index is 14.2. The molecule has 3 atom stereocenters. The molecule has 35 heavy (non-hydrogen) atoms. The lowest BCUT2D eigenvalue weighted by molar-refractivity contribution is -0.123. The van der Waals surface area contributed by atoms with Gasteiger partial charge in [0.2, 0.25) is 5.88 Å². The molecule has 0 spiro atoms. The van der Waals surface area contributed by atoms with Crippen LogP contribution in [0.2, 0.25) is 0 Å². The van der Waals surface area contributed by atoms with Crippen molar-refractivity contribution in [3.05, 3.63) is 29.5 Å². The summed E-state index contributed by atoms with van der Waals surface area (Å²) in [6, 6.07) is 2.86. The quantitative estimate of drug-likeness (QED) is 0.612. The first-order valence-corrected chi connectivity index (χ1v) is 12.2. The molecule has 3 N–H and O–H groups in total. The molecule has 4 rings (SSSR count). The third-order valence-corrected chi connectivity index (χ3v) is 7.21. The van der Waals surface area contributed by atoms with Crippen molar-refractivity contribution >= 4 is 22.6 Å². The Labute approximate surface area is 204 Å². The van der Waals surface area contributed by atoms with Crippen LogP contribution >= 0.6 is 0 Å². The van der Waals surface area contributed by atoms with Crippen LogP contribution in [-0.2, 0) is 4.79 Å². The van der Waals surface area contributed by atoms with Gasteiger partial charge in [-0.25, -0.2) is 9.37 Å². The van der Waals surface area contributed by atoms with Crippen molar-refractivity contribution in [2.24, 2.45) is 23.5 Å². The van der Waals surface area contributed by atoms with Gasteiger partial charge in [-0.1, -0.05) is 25.7 Å². The highest BCUT2D eigenvalue weighted by molar-refractivity contribution is 6.03. The summed E-state index contributed by atoms with van der Waals surface area (Å²) < 4.78 is 25.6. The van der Waals surface area contributed by atoms with Gasteiger partial charge in [0.05, 0.1) is 24.3 Å². The van der Waals surface area contributed by atoms with Crippen molar-refractivity contribution in [2.75, 3.05) is 13.7 Å². The number of rotatable bonds is 6. The van der Waals surface area contributed by atoms with Gasteiger partial charge >= 0.3 is 0 Å². The zero-order chi connectivity index (χ0) is 25.1. The first-order chi connectivity index (χ1) is 16.8. The lowest BCUT2D eigenvalue weighted by Crippen LogP contribution is -2.34. The van der Waals surface area contributed by atoms with Crippen LogP contribution in [0.4, 0.5) is 4.39 Å². The number of aromatic nitrogens is 1. The Balaban J connectivity index is 1.69. The number of nitrogens with two attached hydrogens (primary N) is 1. The summed E-state index contributed by atoms with van der Waals surface area (Å²) in [4.78, 5) is 28.3. The van der Waals surface area contributed by atoms with E-state index in [0.29, 0.717) is 34.4 Å². The molecule has 1 aromatic heterocycles. The van der Waals surface area contributed by atoms with E-state index in [9.17, 15) is 14.0 Å². The first-order valence-electron chi connectivity index (χ1n) is 12.2. The fraction of sp³-hybridized carbons (Fsp3) is 0.519. The zero-order valence-electron chi connectivity index (χ0n) is 20.4. The smallest absolute Gasteiger partial charge is 0.255 e. The monoisotopic (exact) mass is 481 g/mol. The molecule has 1 saturated carbocycles. The molecule has 2 aromatic rings. The Hall–Kier alpha value is -3.34. The normalized spacial score (nSPS) is 26.1. The Morgan fingerprint density at radius 3 is 2.66 bits per heavy atom. The molecular weight excluding hydrogens is 449 g/mol. The highest BCUT2D eigenvalue weighted by Gasteiger charge is 2.41. The summed E-state index contributed by atoms with van der Waals surface area (Å²) >= 11 is 0. The predicted molar refractivity (Wildman–Crippen MR) is 131 cm³/mol. The average Bonchev–Trinajstić information content (AvgIpc) is 3.13. The summed E-state index contributed by atoms with van der Waals surface area (Å²) in [7, 11) is 1.45. The number of nitrogens with one attached hydrogen (secondary N) is 1. The van der Waals surface area contributed by atoms with Crippen molar-refractivity contribution in [2.45, 2.75) is 58.2 Å². The molecule has 7 nitrogen and oxygen atoms in total. The molecule has 0 radical (unpaired) electrons. The number of fused-ring (bicyclic) bond motifs is 1. The summed E-state index contributed by atoms with van der Waals surface area (Å²) in [5.74, 6) is 6.61. The van der Waals surface area contributed by atoms with Crippen LogP contribution in [0, 0.1) is 29.6 Å². The van der Waals surface area contributed by atoms with Crippen LogP contribution in [-0.4, -0.2) is 42.7 Å². The van der Waals surface area contributed by atoms with E-state index in [1.165, 1.54) is 20.0 Å². The molecule has 2 aliphatic rings. The van der Waals surface area contributed by atoms with Crippen molar-refractivity contribution in [1.82, 2.24) is 10.3 Å². The van der Waals surface area contributed by atoms with Gasteiger partial charge in [-0.05, 0) is 50.2 Å². The number of nitrogens with zero attached hydrogens (tertiary/aromatic N) is 1. The molecule has 0 unspecified atom stereocenters. The van der Waals surface area contributed by atoms with E-state index < -0.39 is 29.9 Å². The van der Waals surface area contributed by atoms with Gasteiger partial charge in [-0.15, -0.1) is 0 Å². The number of halogens is 1. The van der Waals surface area contributed by atoms with Crippen LogP contribution in [0.15, 0.2) is 18.3 Å². The van der Waals surface area contributed by atoms with E-state index in [4.69, 9.17) is 15.2 Å². The number of hydrogen-bond donors (Lipinski definition) is 2. The molecule has 2 fully saturated rings. The number of methoxy groups -OCH3 is 1. The Kier molecular flexibility index (Phi) is 7.44. The molecule has 8 heteroatoms. The fourth-order valence-corrected chi connectivity index (χ4v) is 5.00. The summed E-state index contributed by atoms with van der Waals surface area (Å²) in [5.41, 5.74) is 6.50. The summed E-state index contributed by atoms with van der Waals surface area (Å²) in [6.07, 6.45) is 5.07. The fourth-order valence-electron chi connectivity index (χ4n) is 5.00. The zero-order valence-corrected chi connectivity index (χ0v) is 20.4. The minimum Gasteiger partial charge on any atom is -0.496 e. The largest absolute Gasteiger partial charge is 0.496 e. The second kappa shape index (κ2) is 10.5. The number of primary amides is 1. The van der Waals surface area contributed by atoms with Crippen molar-refractivity contribution < 1.29 is 23.5 Å². The van der Waals surface area contributed by atoms with Crippen molar-refractivity contribution in [3.63, 3.8) is 0 Å². The van der Waals surface area contributed by atoms with Crippen molar-refractivity contribution in [3.8, 4) is 23.5 Å². The lowest BCUT2D eigenvalue weighted by Gasteiger charge is -2.22. The van der Waals surface area contributed by atoms with E-state index in [0.717, 1.165) is 18.8 Å². The van der Waals surface area contributed by atoms with E-state index in [1.54, 1.807) is 18.3 Å². The average molecular weight is 482 g/mol. The molecule has 2 heterocycles. The number of pyridine rings is 1. The summed E-state index contributed by atoms with van der Waals surface area (Å²) in [6.45, 7) is 4.18. The molecule has 2 amide bonds. The number of amides is 2. The van der Waals surface area contributed by atoms with Gasteiger partial charge in [-0.2, -0.15) is 0 Å². The van der Waals surface area contributed by atoms with E-state index in [-0.39, 0.29) is 18.1 Å². The Morgan fingerprint density at radius 1 is 1.26 bits per heavy atom. The summed E-state index contributed by atoms with van der Waals surface area (Å²) in [5, 5.41) is 3.94. The minimum atomic E-state index is -1.54. The van der Waals surface area contributed by atoms with Crippen LogP contribution < -0.4 is 20.5 Å². The highest BCUT2D eigenvalue weighted by atomic mass is 19.1. The highest BCUT2D eigenvalue weighted by Crippen LogP contribution is 2.34. The second-order valence-corrected chi connectivity index (χ2v) is 9.57. The van der Waals surface area contributed by atoms with Crippen LogP contribution in [0.1, 0.15) is 61.9 Å². The van der Waals surface area contributed by atoms with Gasteiger partial charge in [0.25, 0.3) is 11.8 Å². The molecule has 1 aliphatic heterocycles. The van der Waals surface area contributed by atoms with Crippen LogP contribution in [0.3, 0.4) is 0 Å². The number of carbonyl (C=O) groups excluding carboxylic acids is 2.